The number of hydrogen-bond donors (Lipinski definition) is 0. The van der Waals surface area contributed by atoms with Crippen molar-refractivity contribution < 1.29 is 4.74 Å². The van der Waals surface area contributed by atoms with Crippen molar-refractivity contribution in [2.24, 2.45) is 10.9 Å². The summed E-state index contributed by atoms with van der Waals surface area (Å²) < 4.78 is 5.83. The molecule has 142 valence electrons. The normalized spacial score (nSPS) is 16.3. The van der Waals surface area contributed by atoms with Crippen molar-refractivity contribution in [2.75, 3.05) is 6.61 Å². The van der Waals surface area contributed by atoms with Crippen molar-refractivity contribution in [1.29, 1.82) is 0 Å². The fourth-order valence-electron chi connectivity index (χ4n) is 3.27. The van der Waals surface area contributed by atoms with E-state index in [4.69, 9.17) is 14.7 Å². The van der Waals surface area contributed by atoms with E-state index < -0.39 is 7.92 Å². The van der Waals surface area contributed by atoms with Crippen molar-refractivity contribution in [3.63, 3.8) is 0 Å². The Bertz CT molecular complexity index is 902. The van der Waals surface area contributed by atoms with Gasteiger partial charge in [0.05, 0.1) is 6.04 Å². The Kier molecular flexibility index (Phi) is 5.83. The quantitative estimate of drug-likeness (QED) is 0.582. The number of rotatable bonds is 6. The number of nitrogens with zero attached hydrogens (tertiary/aromatic N) is 2. The summed E-state index contributed by atoms with van der Waals surface area (Å²) in [5.41, 5.74) is 1.92. The summed E-state index contributed by atoms with van der Waals surface area (Å²) in [7, 11) is -0.514. The Hall–Kier alpha value is -2.51. The molecule has 0 radical (unpaired) electrons. The van der Waals surface area contributed by atoms with E-state index in [-0.39, 0.29) is 6.04 Å². The lowest BCUT2D eigenvalue weighted by atomic mass is 10.1. The average Bonchev–Trinajstić information content (AvgIpc) is 3.24. The van der Waals surface area contributed by atoms with Crippen LogP contribution in [0, 0.1) is 5.92 Å². The van der Waals surface area contributed by atoms with E-state index in [9.17, 15) is 0 Å². The summed E-state index contributed by atoms with van der Waals surface area (Å²) in [6.45, 7) is 5.01. The van der Waals surface area contributed by atoms with Crippen LogP contribution in [0.3, 0.4) is 0 Å². The molecule has 1 aliphatic heterocycles. The minimum atomic E-state index is -0.514. The van der Waals surface area contributed by atoms with Gasteiger partial charge in [0.1, 0.15) is 12.3 Å². The maximum atomic E-state index is 5.83. The van der Waals surface area contributed by atoms with E-state index >= 15 is 0 Å². The van der Waals surface area contributed by atoms with Crippen molar-refractivity contribution in [3.05, 3.63) is 90.3 Å². The highest BCUT2D eigenvalue weighted by Crippen LogP contribution is 2.37. The molecular weight excluding hydrogens is 363 g/mol. The molecule has 0 aliphatic carbocycles. The molecule has 0 amide bonds. The van der Waals surface area contributed by atoms with E-state index in [0.717, 1.165) is 17.5 Å². The Morgan fingerprint density at radius 3 is 2.11 bits per heavy atom. The lowest BCUT2D eigenvalue weighted by Gasteiger charge is -2.18. The molecule has 1 aliphatic rings. The van der Waals surface area contributed by atoms with Gasteiger partial charge in [-0.1, -0.05) is 80.6 Å². The van der Waals surface area contributed by atoms with Gasteiger partial charge < -0.3 is 4.74 Å². The summed E-state index contributed by atoms with van der Waals surface area (Å²) in [5, 5.41) is 2.73. The largest absolute Gasteiger partial charge is 0.474 e. The van der Waals surface area contributed by atoms with Gasteiger partial charge in [-0.15, -0.1) is 0 Å². The number of aliphatic imine (C=N–C) groups is 1. The van der Waals surface area contributed by atoms with Crippen LogP contribution in [0.15, 0.2) is 83.9 Å². The Morgan fingerprint density at radius 2 is 1.54 bits per heavy atom. The van der Waals surface area contributed by atoms with Crippen LogP contribution in [0.2, 0.25) is 0 Å². The van der Waals surface area contributed by atoms with Crippen LogP contribution in [0.5, 0.6) is 0 Å². The number of aromatic nitrogens is 1. The van der Waals surface area contributed by atoms with Gasteiger partial charge in [0.25, 0.3) is 0 Å². The van der Waals surface area contributed by atoms with Crippen LogP contribution < -0.4 is 10.6 Å². The van der Waals surface area contributed by atoms with Crippen LogP contribution in [0.1, 0.15) is 25.2 Å². The van der Waals surface area contributed by atoms with Crippen LogP contribution in [-0.2, 0) is 10.9 Å². The Labute approximate surface area is 168 Å². The minimum Gasteiger partial charge on any atom is -0.474 e. The molecule has 3 nitrogen and oxygen atoms in total. The molecule has 0 saturated carbocycles. The predicted molar refractivity (Wildman–Crippen MR) is 118 cm³/mol. The molecule has 2 heterocycles. The molecule has 1 aromatic heterocycles. The van der Waals surface area contributed by atoms with Gasteiger partial charge in [-0.25, -0.2) is 9.98 Å². The van der Waals surface area contributed by atoms with Gasteiger partial charge in [0.15, 0.2) is 0 Å². The van der Waals surface area contributed by atoms with Gasteiger partial charge in [-0.05, 0) is 36.6 Å². The van der Waals surface area contributed by atoms with Crippen LogP contribution in [0.4, 0.5) is 0 Å². The van der Waals surface area contributed by atoms with E-state index in [0.29, 0.717) is 18.4 Å². The standard InChI is InChI=1S/C24H25N2OP/c1-18(2)23-16-27-24(26-23)22-15-9-10-19(25-22)17-28(20-11-5-3-6-12-20)21-13-7-4-8-14-21/h3-15,18,23H,16-17H2,1-2H3. The topological polar surface area (TPSA) is 34.5 Å². The number of ether oxygens (including phenoxy) is 1. The van der Waals surface area contributed by atoms with Crippen LogP contribution >= 0.6 is 7.92 Å². The molecule has 3 aromatic rings. The first-order chi connectivity index (χ1) is 13.7. The predicted octanol–water partition coefficient (Wildman–Crippen LogP) is 4.52. The van der Waals surface area contributed by atoms with Crippen molar-refractivity contribution in [2.45, 2.75) is 26.1 Å². The van der Waals surface area contributed by atoms with Crippen LogP contribution in [-0.4, -0.2) is 23.5 Å². The van der Waals surface area contributed by atoms with E-state index in [1.807, 2.05) is 6.07 Å². The molecule has 1 unspecified atom stereocenters. The minimum absolute atomic E-state index is 0.228. The smallest absolute Gasteiger partial charge is 0.235 e. The molecule has 4 heteroatoms. The Balaban J connectivity index is 1.62. The summed E-state index contributed by atoms with van der Waals surface area (Å²) >= 11 is 0. The second kappa shape index (κ2) is 8.67. The molecular formula is C24H25N2OP. The van der Waals surface area contributed by atoms with E-state index in [2.05, 4.69) is 86.6 Å². The van der Waals surface area contributed by atoms with Gasteiger partial charge in [-0.3, -0.25) is 0 Å². The highest BCUT2D eigenvalue weighted by Gasteiger charge is 2.24. The first-order valence-electron chi connectivity index (χ1n) is 9.75. The monoisotopic (exact) mass is 388 g/mol. The first-order valence-corrected chi connectivity index (χ1v) is 11.3. The molecule has 1 atom stereocenters. The second-order valence-electron chi connectivity index (χ2n) is 7.33. The summed E-state index contributed by atoms with van der Waals surface area (Å²) in [6.07, 6.45) is 0.901. The first kappa shape index (κ1) is 18.8. The fraction of sp³-hybridized carbons (Fsp3) is 0.250. The average molecular weight is 388 g/mol. The molecule has 0 saturated heterocycles. The van der Waals surface area contributed by atoms with E-state index in [1.54, 1.807) is 0 Å². The number of pyridine rings is 1. The molecule has 4 rings (SSSR count). The van der Waals surface area contributed by atoms with Crippen molar-refractivity contribution in [3.8, 4) is 0 Å². The Morgan fingerprint density at radius 1 is 0.893 bits per heavy atom. The van der Waals surface area contributed by atoms with Gasteiger partial charge in [-0.2, -0.15) is 0 Å². The molecule has 0 bridgehead atoms. The lowest BCUT2D eigenvalue weighted by Crippen LogP contribution is -2.14. The van der Waals surface area contributed by atoms with Gasteiger partial charge in [0.2, 0.25) is 5.90 Å². The van der Waals surface area contributed by atoms with E-state index in [1.165, 1.54) is 10.6 Å². The summed E-state index contributed by atoms with van der Waals surface area (Å²) in [6, 6.07) is 27.9. The third-order valence-corrected chi connectivity index (χ3v) is 7.41. The molecule has 0 fully saturated rings. The van der Waals surface area contributed by atoms with Gasteiger partial charge in [0, 0.05) is 11.9 Å². The zero-order valence-corrected chi connectivity index (χ0v) is 17.2. The highest BCUT2D eigenvalue weighted by atomic mass is 31.1. The molecule has 0 spiro atoms. The molecule has 2 aromatic carbocycles. The zero-order chi connectivity index (χ0) is 19.3. The summed E-state index contributed by atoms with van der Waals surface area (Å²) in [4.78, 5) is 9.63. The zero-order valence-electron chi connectivity index (χ0n) is 16.3. The maximum absolute atomic E-state index is 5.83. The summed E-state index contributed by atoms with van der Waals surface area (Å²) in [5.74, 6) is 1.16. The van der Waals surface area contributed by atoms with Gasteiger partial charge >= 0.3 is 0 Å². The van der Waals surface area contributed by atoms with Crippen molar-refractivity contribution >= 4 is 24.4 Å². The third-order valence-electron chi connectivity index (χ3n) is 4.93. The second-order valence-corrected chi connectivity index (χ2v) is 9.53. The lowest BCUT2D eigenvalue weighted by molar-refractivity contribution is 0.291. The molecule has 28 heavy (non-hydrogen) atoms. The number of benzene rings is 2. The maximum Gasteiger partial charge on any atom is 0.235 e. The number of hydrogen-bond acceptors (Lipinski definition) is 3. The fourth-order valence-corrected chi connectivity index (χ4v) is 5.49. The van der Waals surface area contributed by atoms with Crippen LogP contribution in [0.25, 0.3) is 0 Å². The SMILES string of the molecule is CC(C)C1COC(c2cccc(CP(c3ccccc3)c3ccccc3)n2)=N1. The molecule has 0 N–H and O–H groups in total. The third kappa shape index (κ3) is 4.31. The van der Waals surface area contributed by atoms with Crippen molar-refractivity contribution in [1.82, 2.24) is 4.98 Å². The highest BCUT2D eigenvalue weighted by molar-refractivity contribution is 7.72.